The minimum absolute atomic E-state index is 0.428. The molecule has 0 saturated heterocycles. The molecule has 0 atom stereocenters. The fourth-order valence-electron chi connectivity index (χ4n) is 3.25. The number of nitrogens with zero attached hydrogens (tertiary/aromatic N) is 3. The molecule has 0 spiro atoms. The highest BCUT2D eigenvalue weighted by Crippen LogP contribution is 2.23. The molecular weight excluding hydrogens is 355 g/mol. The third-order valence-electron chi connectivity index (χ3n) is 4.56. The van der Waals surface area contributed by atoms with Crippen LogP contribution >= 0.6 is 0 Å². The Bertz CT molecular complexity index is 1120. The van der Waals surface area contributed by atoms with E-state index in [0.717, 1.165) is 33.3 Å². The van der Waals surface area contributed by atoms with Crippen LogP contribution in [-0.2, 0) is 12.8 Å². The second-order valence-electron chi connectivity index (χ2n) is 6.69. The molecule has 0 saturated carbocycles. The molecule has 5 nitrogen and oxygen atoms in total. The first kappa shape index (κ1) is 18.1. The van der Waals surface area contributed by atoms with Crippen molar-refractivity contribution in [1.82, 2.24) is 19.9 Å². The van der Waals surface area contributed by atoms with Crippen molar-refractivity contribution in [2.75, 3.05) is 6.61 Å². The first-order valence-electron chi connectivity index (χ1n) is 9.19. The molecule has 4 aromatic heterocycles. The van der Waals surface area contributed by atoms with E-state index < -0.39 is 5.95 Å². The number of pyridine rings is 3. The average molecular weight is 375 g/mol. The fraction of sp³-hybridized carbons (Fsp3) is 0.227. The topological polar surface area (TPSA) is 63.7 Å². The Morgan fingerprint density at radius 3 is 2.89 bits per heavy atom. The van der Waals surface area contributed by atoms with Crippen LogP contribution in [0.15, 0.2) is 42.9 Å². The van der Waals surface area contributed by atoms with Crippen molar-refractivity contribution in [3.05, 3.63) is 82.8 Å². The lowest BCUT2D eigenvalue weighted by molar-refractivity contribution is 0.323. The van der Waals surface area contributed by atoms with Gasteiger partial charge in [0.2, 0.25) is 11.8 Å². The molecule has 141 valence electrons. The molecule has 6 heteroatoms. The van der Waals surface area contributed by atoms with Crippen molar-refractivity contribution in [2.24, 2.45) is 0 Å². The molecule has 1 N–H and O–H groups in total. The van der Waals surface area contributed by atoms with Gasteiger partial charge in [0.15, 0.2) is 0 Å². The number of ether oxygens (including phenoxy) is 1. The van der Waals surface area contributed by atoms with Gasteiger partial charge in [-0.05, 0) is 48.7 Å². The number of aromatic nitrogens is 4. The Hall–Kier alpha value is -3.28. The summed E-state index contributed by atoms with van der Waals surface area (Å²) in [6.45, 7) is 4.44. The molecule has 0 aliphatic heterocycles. The molecule has 0 unspecified atom stereocenters. The van der Waals surface area contributed by atoms with Crippen molar-refractivity contribution in [1.29, 1.82) is 0 Å². The van der Waals surface area contributed by atoms with E-state index in [-0.39, 0.29) is 0 Å². The third kappa shape index (κ3) is 3.71. The summed E-state index contributed by atoms with van der Waals surface area (Å²) in [5.74, 6) is 0.0809. The van der Waals surface area contributed by atoms with Crippen LogP contribution in [0.4, 0.5) is 4.39 Å². The molecule has 0 aromatic carbocycles. The van der Waals surface area contributed by atoms with Crippen molar-refractivity contribution in [3.8, 4) is 5.88 Å². The Morgan fingerprint density at radius 2 is 2.04 bits per heavy atom. The normalized spacial score (nSPS) is 11.1. The van der Waals surface area contributed by atoms with Crippen LogP contribution in [-0.4, -0.2) is 26.5 Å². The summed E-state index contributed by atoms with van der Waals surface area (Å²) in [5.41, 5.74) is 5.09. The highest BCUT2D eigenvalue weighted by atomic mass is 19.1. The standard InChI is InChI=1S/C22H20FN4O/c1-3-28-22-16(5-4-6-24-22)8-15-9-17(20(23)25-12-15)10-18-13-27-21-19(18)7-14(2)11-26-21/h4-7,9,11,13H,3,8,10H2,1-2H3,(H,26,27). The fourth-order valence-corrected chi connectivity index (χ4v) is 3.25. The molecule has 4 aromatic rings. The van der Waals surface area contributed by atoms with Gasteiger partial charge in [0.25, 0.3) is 0 Å². The van der Waals surface area contributed by atoms with Gasteiger partial charge < -0.3 is 9.72 Å². The summed E-state index contributed by atoms with van der Waals surface area (Å²) in [7, 11) is 0. The van der Waals surface area contributed by atoms with Crippen LogP contribution in [0.5, 0.6) is 5.88 Å². The zero-order valence-electron chi connectivity index (χ0n) is 15.8. The van der Waals surface area contributed by atoms with Crippen LogP contribution in [0.2, 0.25) is 0 Å². The molecule has 0 amide bonds. The summed E-state index contributed by atoms with van der Waals surface area (Å²) in [6.07, 6.45) is 9.13. The number of fused-ring (bicyclic) bond motifs is 1. The predicted octanol–water partition coefficient (Wildman–Crippen LogP) is 4.18. The van der Waals surface area contributed by atoms with Gasteiger partial charge in [-0.25, -0.2) is 15.0 Å². The van der Waals surface area contributed by atoms with Gasteiger partial charge in [-0.2, -0.15) is 4.39 Å². The van der Waals surface area contributed by atoms with E-state index >= 15 is 0 Å². The van der Waals surface area contributed by atoms with E-state index in [1.807, 2.05) is 44.4 Å². The zero-order chi connectivity index (χ0) is 19.5. The van der Waals surface area contributed by atoms with Gasteiger partial charge in [0, 0.05) is 47.9 Å². The second kappa shape index (κ2) is 7.76. The van der Waals surface area contributed by atoms with Crippen LogP contribution in [0, 0.1) is 19.1 Å². The number of aryl methyl sites for hydroxylation is 1. The third-order valence-corrected chi connectivity index (χ3v) is 4.56. The number of hydrogen-bond acceptors (Lipinski definition) is 4. The highest BCUT2D eigenvalue weighted by Gasteiger charge is 2.13. The quantitative estimate of drug-likeness (QED) is 0.514. The number of aromatic amines is 1. The largest absolute Gasteiger partial charge is 0.478 e. The minimum Gasteiger partial charge on any atom is -0.478 e. The zero-order valence-corrected chi connectivity index (χ0v) is 15.8. The number of hydrogen-bond donors (Lipinski definition) is 1. The summed E-state index contributed by atoms with van der Waals surface area (Å²) in [5, 5.41) is 1.000. The molecular formula is C22H20FN4O. The first-order valence-corrected chi connectivity index (χ1v) is 9.19. The lowest BCUT2D eigenvalue weighted by Crippen LogP contribution is -2.02. The van der Waals surface area contributed by atoms with Gasteiger partial charge in [-0.3, -0.25) is 0 Å². The maximum atomic E-state index is 14.4. The van der Waals surface area contributed by atoms with E-state index in [1.165, 1.54) is 0 Å². The Labute approximate surface area is 162 Å². The smallest absolute Gasteiger partial charge is 0.217 e. The Morgan fingerprint density at radius 1 is 1.14 bits per heavy atom. The molecule has 0 bridgehead atoms. The van der Waals surface area contributed by atoms with Gasteiger partial charge in [0.1, 0.15) is 5.65 Å². The molecule has 0 aliphatic carbocycles. The van der Waals surface area contributed by atoms with Crippen molar-refractivity contribution >= 4 is 11.0 Å². The summed E-state index contributed by atoms with van der Waals surface area (Å²) in [6, 6.07) is 7.67. The number of nitrogens with one attached hydrogen (secondary N) is 1. The SMILES string of the molecule is CCOc1ncccc1Cc1[c]nc(F)c(Cc2c[nH]c3ncc(C)cc23)c1. The van der Waals surface area contributed by atoms with Crippen LogP contribution in [0.1, 0.15) is 34.7 Å². The average Bonchev–Trinajstić information content (AvgIpc) is 3.08. The second-order valence-corrected chi connectivity index (χ2v) is 6.69. The maximum Gasteiger partial charge on any atom is 0.217 e. The Kier molecular flexibility index (Phi) is 5.02. The van der Waals surface area contributed by atoms with Crippen molar-refractivity contribution in [3.63, 3.8) is 0 Å². The van der Waals surface area contributed by atoms with E-state index in [2.05, 4.69) is 32.2 Å². The van der Waals surface area contributed by atoms with E-state index in [4.69, 9.17) is 4.74 Å². The number of H-pyrrole nitrogens is 1. The summed E-state index contributed by atoms with van der Waals surface area (Å²) < 4.78 is 20.0. The van der Waals surface area contributed by atoms with Gasteiger partial charge in [-0.15, -0.1) is 0 Å². The molecule has 1 radical (unpaired) electrons. The van der Waals surface area contributed by atoms with Crippen LogP contribution in [0.3, 0.4) is 0 Å². The monoisotopic (exact) mass is 375 g/mol. The number of rotatable bonds is 6. The lowest BCUT2D eigenvalue weighted by Gasteiger charge is -2.09. The van der Waals surface area contributed by atoms with Crippen LogP contribution < -0.4 is 4.74 Å². The summed E-state index contributed by atoms with van der Waals surface area (Å²) >= 11 is 0. The lowest BCUT2D eigenvalue weighted by atomic mass is 10.0. The van der Waals surface area contributed by atoms with Gasteiger partial charge in [0.05, 0.1) is 12.8 Å². The van der Waals surface area contributed by atoms with Crippen molar-refractivity contribution in [2.45, 2.75) is 26.7 Å². The predicted molar refractivity (Wildman–Crippen MR) is 105 cm³/mol. The highest BCUT2D eigenvalue weighted by molar-refractivity contribution is 5.80. The van der Waals surface area contributed by atoms with E-state index in [0.29, 0.717) is 30.9 Å². The summed E-state index contributed by atoms with van der Waals surface area (Å²) in [4.78, 5) is 15.6. The molecule has 4 rings (SSSR count). The Balaban J connectivity index is 1.63. The molecule has 28 heavy (non-hydrogen) atoms. The van der Waals surface area contributed by atoms with E-state index in [1.54, 1.807) is 6.20 Å². The van der Waals surface area contributed by atoms with Gasteiger partial charge >= 0.3 is 0 Å². The maximum absolute atomic E-state index is 14.4. The van der Waals surface area contributed by atoms with Crippen LogP contribution in [0.25, 0.3) is 11.0 Å². The minimum atomic E-state index is -0.505. The molecule has 0 fully saturated rings. The van der Waals surface area contributed by atoms with Crippen molar-refractivity contribution < 1.29 is 9.13 Å². The molecule has 0 aliphatic rings. The van der Waals surface area contributed by atoms with E-state index in [9.17, 15) is 4.39 Å². The molecule has 4 heterocycles. The number of halogens is 1. The first-order chi connectivity index (χ1) is 13.6. The van der Waals surface area contributed by atoms with Gasteiger partial charge in [-0.1, -0.05) is 6.07 Å².